The Balaban J connectivity index is 1.90. The lowest BCUT2D eigenvalue weighted by molar-refractivity contribution is -0.115. The SMILES string of the molecule is COc1cc(Cl)c(C)cc1NC(=O)CNC(=O)Nc1cccc(C)c1. The van der Waals surface area contributed by atoms with E-state index >= 15 is 0 Å². The molecule has 0 saturated carbocycles. The van der Waals surface area contributed by atoms with Crippen LogP contribution in [0.4, 0.5) is 16.2 Å². The van der Waals surface area contributed by atoms with Gasteiger partial charge >= 0.3 is 6.03 Å². The summed E-state index contributed by atoms with van der Waals surface area (Å²) < 4.78 is 5.20. The third kappa shape index (κ3) is 5.39. The van der Waals surface area contributed by atoms with E-state index < -0.39 is 6.03 Å². The summed E-state index contributed by atoms with van der Waals surface area (Å²) in [6.07, 6.45) is 0. The molecule has 2 rings (SSSR count). The van der Waals surface area contributed by atoms with Gasteiger partial charge in [0.2, 0.25) is 5.91 Å². The normalized spacial score (nSPS) is 10.1. The van der Waals surface area contributed by atoms with E-state index in [1.54, 1.807) is 18.2 Å². The molecule has 7 heteroatoms. The van der Waals surface area contributed by atoms with E-state index in [0.717, 1.165) is 11.1 Å². The zero-order chi connectivity index (χ0) is 18.4. The lowest BCUT2D eigenvalue weighted by Gasteiger charge is -2.13. The molecule has 3 N–H and O–H groups in total. The van der Waals surface area contributed by atoms with Gasteiger partial charge in [-0.1, -0.05) is 23.7 Å². The van der Waals surface area contributed by atoms with Crippen molar-refractivity contribution in [1.29, 1.82) is 0 Å². The standard InChI is InChI=1S/C18H20ClN3O3/c1-11-5-4-6-13(7-11)21-18(24)20-10-17(23)22-15-8-12(2)14(19)9-16(15)25-3/h4-9H,10H2,1-3H3,(H,22,23)(H2,20,21,24). The van der Waals surface area contributed by atoms with Gasteiger partial charge in [0.25, 0.3) is 0 Å². The molecule has 0 bridgehead atoms. The molecule has 0 saturated heterocycles. The van der Waals surface area contributed by atoms with E-state index in [9.17, 15) is 9.59 Å². The highest BCUT2D eigenvalue weighted by molar-refractivity contribution is 6.31. The maximum Gasteiger partial charge on any atom is 0.319 e. The average molecular weight is 362 g/mol. The molecule has 0 radical (unpaired) electrons. The topological polar surface area (TPSA) is 79.5 Å². The summed E-state index contributed by atoms with van der Waals surface area (Å²) in [5.41, 5.74) is 2.99. The van der Waals surface area contributed by atoms with Crippen LogP contribution in [-0.4, -0.2) is 25.6 Å². The molecule has 0 unspecified atom stereocenters. The molecule has 2 aromatic carbocycles. The number of rotatable bonds is 5. The Bertz CT molecular complexity index is 793. The molecule has 0 spiro atoms. The van der Waals surface area contributed by atoms with E-state index in [1.807, 2.05) is 32.0 Å². The van der Waals surface area contributed by atoms with Crippen molar-refractivity contribution in [3.63, 3.8) is 0 Å². The number of halogens is 1. The van der Waals surface area contributed by atoms with Crippen LogP contribution in [0.25, 0.3) is 0 Å². The quantitative estimate of drug-likeness (QED) is 0.759. The van der Waals surface area contributed by atoms with Gasteiger partial charge in [-0.05, 0) is 43.2 Å². The molecule has 0 aliphatic rings. The average Bonchev–Trinajstić information content (AvgIpc) is 2.56. The second-order valence-electron chi connectivity index (χ2n) is 5.53. The number of hydrogen-bond donors (Lipinski definition) is 3. The molecule has 25 heavy (non-hydrogen) atoms. The highest BCUT2D eigenvalue weighted by Gasteiger charge is 2.11. The Morgan fingerprint density at radius 1 is 1.12 bits per heavy atom. The third-order valence-electron chi connectivity index (χ3n) is 3.44. The van der Waals surface area contributed by atoms with Gasteiger partial charge in [-0.2, -0.15) is 0 Å². The Hall–Kier alpha value is -2.73. The molecule has 132 valence electrons. The van der Waals surface area contributed by atoms with Gasteiger partial charge in [0.05, 0.1) is 19.3 Å². The van der Waals surface area contributed by atoms with Gasteiger partial charge in [-0.15, -0.1) is 0 Å². The fourth-order valence-corrected chi connectivity index (χ4v) is 2.34. The van der Waals surface area contributed by atoms with Crippen molar-refractivity contribution < 1.29 is 14.3 Å². The summed E-state index contributed by atoms with van der Waals surface area (Å²) in [7, 11) is 1.49. The summed E-state index contributed by atoms with van der Waals surface area (Å²) in [4.78, 5) is 23.9. The molecular weight excluding hydrogens is 342 g/mol. The number of anilines is 2. The largest absolute Gasteiger partial charge is 0.495 e. The van der Waals surface area contributed by atoms with Crippen LogP contribution in [0, 0.1) is 13.8 Å². The first-order valence-electron chi connectivity index (χ1n) is 7.64. The van der Waals surface area contributed by atoms with Crippen LogP contribution in [0.1, 0.15) is 11.1 Å². The Labute approximate surface area is 151 Å². The smallest absolute Gasteiger partial charge is 0.319 e. The molecule has 3 amide bonds. The zero-order valence-electron chi connectivity index (χ0n) is 14.3. The molecular formula is C18H20ClN3O3. The molecule has 2 aromatic rings. The molecule has 0 aromatic heterocycles. The second-order valence-corrected chi connectivity index (χ2v) is 5.93. The Morgan fingerprint density at radius 3 is 2.56 bits per heavy atom. The van der Waals surface area contributed by atoms with Crippen LogP contribution in [0.15, 0.2) is 36.4 Å². The van der Waals surface area contributed by atoms with Gasteiger partial charge in [0.1, 0.15) is 5.75 Å². The van der Waals surface area contributed by atoms with Crippen molar-refractivity contribution >= 4 is 34.9 Å². The van der Waals surface area contributed by atoms with Crippen molar-refractivity contribution in [2.45, 2.75) is 13.8 Å². The van der Waals surface area contributed by atoms with E-state index in [4.69, 9.17) is 16.3 Å². The molecule has 0 aliphatic heterocycles. The number of methoxy groups -OCH3 is 1. The van der Waals surface area contributed by atoms with E-state index in [1.165, 1.54) is 7.11 Å². The van der Waals surface area contributed by atoms with Crippen LogP contribution < -0.4 is 20.7 Å². The van der Waals surface area contributed by atoms with Gasteiger partial charge in [-0.25, -0.2) is 4.79 Å². The Kier molecular flexibility index (Phi) is 6.25. The molecule has 0 fully saturated rings. The summed E-state index contributed by atoms with van der Waals surface area (Å²) in [5.74, 6) is 0.0765. The maximum absolute atomic E-state index is 12.0. The minimum Gasteiger partial charge on any atom is -0.495 e. The first kappa shape index (κ1) is 18.6. The number of carbonyl (C=O) groups is 2. The van der Waals surface area contributed by atoms with Crippen molar-refractivity contribution in [3.05, 3.63) is 52.5 Å². The van der Waals surface area contributed by atoms with Crippen LogP contribution in [0.2, 0.25) is 5.02 Å². The van der Waals surface area contributed by atoms with E-state index in [2.05, 4.69) is 16.0 Å². The minimum atomic E-state index is -0.458. The molecule has 6 nitrogen and oxygen atoms in total. The number of amides is 3. The van der Waals surface area contributed by atoms with Crippen LogP contribution >= 0.6 is 11.6 Å². The van der Waals surface area contributed by atoms with Crippen LogP contribution in [-0.2, 0) is 4.79 Å². The predicted octanol–water partition coefficient (Wildman–Crippen LogP) is 3.73. The van der Waals surface area contributed by atoms with Gasteiger partial charge < -0.3 is 20.7 Å². The number of hydrogen-bond acceptors (Lipinski definition) is 3. The summed E-state index contributed by atoms with van der Waals surface area (Å²) in [5, 5.41) is 8.41. The number of nitrogens with one attached hydrogen (secondary N) is 3. The van der Waals surface area contributed by atoms with Crippen molar-refractivity contribution in [1.82, 2.24) is 5.32 Å². The number of carbonyl (C=O) groups excluding carboxylic acids is 2. The monoisotopic (exact) mass is 361 g/mol. The minimum absolute atomic E-state index is 0.178. The number of ether oxygens (including phenoxy) is 1. The first-order chi connectivity index (χ1) is 11.9. The van der Waals surface area contributed by atoms with Gasteiger partial charge in [0.15, 0.2) is 0 Å². The molecule has 0 aliphatic carbocycles. The van der Waals surface area contributed by atoms with Crippen LogP contribution in [0.3, 0.4) is 0 Å². The number of aryl methyl sites for hydroxylation is 2. The van der Waals surface area contributed by atoms with Gasteiger partial charge in [-0.3, -0.25) is 4.79 Å². The fourth-order valence-electron chi connectivity index (χ4n) is 2.18. The third-order valence-corrected chi connectivity index (χ3v) is 3.85. The predicted molar refractivity (Wildman–Crippen MR) is 99.6 cm³/mol. The summed E-state index contributed by atoms with van der Waals surface area (Å²) in [6.45, 7) is 3.57. The van der Waals surface area contributed by atoms with Gasteiger partial charge in [0, 0.05) is 16.8 Å². The highest BCUT2D eigenvalue weighted by atomic mass is 35.5. The summed E-state index contributed by atoms with van der Waals surface area (Å²) >= 11 is 6.03. The number of urea groups is 1. The Morgan fingerprint density at radius 2 is 1.88 bits per heavy atom. The molecule has 0 heterocycles. The van der Waals surface area contributed by atoms with Crippen molar-refractivity contribution in [3.8, 4) is 5.75 Å². The van der Waals surface area contributed by atoms with E-state index in [0.29, 0.717) is 22.1 Å². The fraction of sp³-hybridized carbons (Fsp3) is 0.222. The van der Waals surface area contributed by atoms with Crippen LogP contribution in [0.5, 0.6) is 5.75 Å². The second kappa shape index (κ2) is 8.39. The lowest BCUT2D eigenvalue weighted by atomic mass is 10.2. The lowest BCUT2D eigenvalue weighted by Crippen LogP contribution is -2.35. The van der Waals surface area contributed by atoms with Crippen molar-refractivity contribution in [2.24, 2.45) is 0 Å². The highest BCUT2D eigenvalue weighted by Crippen LogP contribution is 2.30. The summed E-state index contributed by atoms with van der Waals surface area (Å²) in [6, 6.07) is 10.3. The van der Waals surface area contributed by atoms with Crippen molar-refractivity contribution in [2.75, 3.05) is 24.3 Å². The number of benzene rings is 2. The van der Waals surface area contributed by atoms with E-state index in [-0.39, 0.29) is 12.5 Å². The zero-order valence-corrected chi connectivity index (χ0v) is 15.0. The first-order valence-corrected chi connectivity index (χ1v) is 8.02. The maximum atomic E-state index is 12.0. The molecule has 0 atom stereocenters.